The number of amides is 1. The van der Waals surface area contributed by atoms with Gasteiger partial charge in [-0.2, -0.15) is 0 Å². The molecule has 1 fully saturated rings. The van der Waals surface area contributed by atoms with E-state index in [-0.39, 0.29) is 17.3 Å². The van der Waals surface area contributed by atoms with Crippen molar-refractivity contribution in [1.29, 1.82) is 0 Å². The Balaban J connectivity index is 1.59. The van der Waals surface area contributed by atoms with Crippen molar-refractivity contribution in [3.05, 3.63) is 66.0 Å². The number of hydrogen-bond donors (Lipinski definition) is 1. The van der Waals surface area contributed by atoms with Crippen molar-refractivity contribution in [3.8, 4) is 0 Å². The third-order valence-corrected chi connectivity index (χ3v) is 4.97. The van der Waals surface area contributed by atoms with Crippen molar-refractivity contribution in [2.75, 3.05) is 12.8 Å². The maximum absolute atomic E-state index is 12.6. The van der Waals surface area contributed by atoms with Crippen LogP contribution in [-0.2, 0) is 11.3 Å². The van der Waals surface area contributed by atoms with E-state index in [1.807, 2.05) is 55.7 Å². The Morgan fingerprint density at radius 3 is 2.86 bits per heavy atom. The number of hydrogen-bond acceptors (Lipinski definition) is 4. The maximum Gasteiger partial charge on any atom is 0.240 e. The highest BCUT2D eigenvalue weighted by Crippen LogP contribution is 2.32. The zero-order chi connectivity index (χ0) is 15.4. The molecule has 1 aromatic heterocycles. The average molecular weight is 313 g/mol. The lowest BCUT2D eigenvalue weighted by Crippen LogP contribution is -2.43. The van der Waals surface area contributed by atoms with Gasteiger partial charge in [0.05, 0.1) is 11.4 Å². The van der Waals surface area contributed by atoms with Gasteiger partial charge >= 0.3 is 0 Å². The summed E-state index contributed by atoms with van der Waals surface area (Å²) in [5.74, 6) is 0.931. The number of aromatic nitrogens is 1. The maximum atomic E-state index is 12.6. The van der Waals surface area contributed by atoms with Gasteiger partial charge in [-0.1, -0.05) is 36.4 Å². The first kappa shape index (κ1) is 15.1. The zero-order valence-electron chi connectivity index (χ0n) is 12.5. The van der Waals surface area contributed by atoms with Crippen molar-refractivity contribution >= 4 is 17.7 Å². The average Bonchev–Trinajstić information content (AvgIpc) is 3.06. The molecule has 1 amide bonds. The summed E-state index contributed by atoms with van der Waals surface area (Å²) in [6.07, 6.45) is 3.62. The van der Waals surface area contributed by atoms with E-state index in [0.717, 1.165) is 16.9 Å². The zero-order valence-corrected chi connectivity index (χ0v) is 13.3. The van der Waals surface area contributed by atoms with Crippen LogP contribution in [0.2, 0.25) is 0 Å². The molecular weight excluding hydrogens is 294 g/mol. The molecule has 2 heterocycles. The fraction of sp³-hybridized carbons (Fsp3) is 0.294. The summed E-state index contributed by atoms with van der Waals surface area (Å²) in [4.78, 5) is 18.5. The molecule has 1 N–H and O–H groups in total. The van der Waals surface area contributed by atoms with Crippen LogP contribution in [0.1, 0.15) is 16.5 Å². The Bertz CT molecular complexity index is 620. The normalized spacial score (nSPS) is 20.8. The van der Waals surface area contributed by atoms with Crippen LogP contribution in [0.15, 0.2) is 54.9 Å². The molecule has 2 aromatic rings. The highest BCUT2D eigenvalue weighted by atomic mass is 32.2. The highest BCUT2D eigenvalue weighted by molar-refractivity contribution is 7.99. The van der Waals surface area contributed by atoms with Crippen LogP contribution in [0.5, 0.6) is 0 Å². The Kier molecular flexibility index (Phi) is 4.75. The van der Waals surface area contributed by atoms with E-state index in [1.165, 1.54) is 0 Å². The van der Waals surface area contributed by atoms with Gasteiger partial charge in [0.2, 0.25) is 5.91 Å². The van der Waals surface area contributed by atoms with Crippen molar-refractivity contribution in [1.82, 2.24) is 15.2 Å². The third-order valence-electron chi connectivity index (χ3n) is 3.71. The minimum atomic E-state index is -0.135. The van der Waals surface area contributed by atoms with Gasteiger partial charge in [0.15, 0.2) is 0 Å². The molecule has 3 rings (SSSR count). The number of benzene rings is 1. The van der Waals surface area contributed by atoms with Crippen molar-refractivity contribution in [3.63, 3.8) is 0 Å². The smallest absolute Gasteiger partial charge is 0.240 e. The summed E-state index contributed by atoms with van der Waals surface area (Å²) in [5.41, 5.74) is 2.27. The lowest BCUT2D eigenvalue weighted by Gasteiger charge is -2.21. The minimum Gasteiger partial charge on any atom is -0.340 e. The molecule has 22 heavy (non-hydrogen) atoms. The van der Waals surface area contributed by atoms with Crippen LogP contribution in [0.4, 0.5) is 0 Å². The Labute approximate surface area is 134 Å². The van der Waals surface area contributed by atoms with Crippen LogP contribution < -0.4 is 5.32 Å². The molecule has 0 bridgehead atoms. The highest BCUT2D eigenvalue weighted by Gasteiger charge is 2.32. The van der Waals surface area contributed by atoms with Gasteiger partial charge in [0.1, 0.15) is 0 Å². The number of pyridine rings is 1. The summed E-state index contributed by atoms with van der Waals surface area (Å²) in [5, 5.41) is 3.55. The van der Waals surface area contributed by atoms with Gasteiger partial charge in [-0.05, 0) is 17.2 Å². The molecule has 0 spiro atoms. The van der Waals surface area contributed by atoms with Gasteiger partial charge in [-0.25, -0.2) is 0 Å². The molecule has 1 aromatic carbocycles. The molecule has 0 aliphatic carbocycles. The van der Waals surface area contributed by atoms with Gasteiger partial charge in [0.25, 0.3) is 0 Å². The second kappa shape index (κ2) is 6.94. The molecule has 1 saturated heterocycles. The molecule has 2 atom stereocenters. The van der Waals surface area contributed by atoms with E-state index in [4.69, 9.17) is 0 Å². The van der Waals surface area contributed by atoms with Gasteiger partial charge < -0.3 is 4.90 Å². The van der Waals surface area contributed by atoms with E-state index in [1.54, 1.807) is 22.9 Å². The first-order chi connectivity index (χ1) is 10.7. The quantitative estimate of drug-likeness (QED) is 0.942. The molecule has 1 aliphatic rings. The van der Waals surface area contributed by atoms with Gasteiger partial charge in [-0.3, -0.25) is 15.1 Å². The van der Waals surface area contributed by atoms with Crippen molar-refractivity contribution in [2.45, 2.75) is 18.0 Å². The summed E-state index contributed by atoms with van der Waals surface area (Å²) in [7, 11) is 1.86. The largest absolute Gasteiger partial charge is 0.340 e. The molecule has 0 saturated carbocycles. The molecule has 0 radical (unpaired) electrons. The van der Waals surface area contributed by atoms with E-state index in [0.29, 0.717) is 6.54 Å². The number of carbonyl (C=O) groups is 1. The fourth-order valence-electron chi connectivity index (χ4n) is 2.54. The van der Waals surface area contributed by atoms with E-state index >= 15 is 0 Å². The lowest BCUT2D eigenvalue weighted by molar-refractivity contribution is -0.132. The number of nitrogens with zero attached hydrogens (tertiary/aromatic N) is 2. The number of rotatable bonds is 4. The summed E-state index contributed by atoms with van der Waals surface area (Å²) < 4.78 is 0. The van der Waals surface area contributed by atoms with E-state index < -0.39 is 0 Å². The van der Waals surface area contributed by atoms with Crippen LogP contribution in [-0.4, -0.2) is 34.6 Å². The molecule has 114 valence electrons. The Morgan fingerprint density at radius 1 is 1.32 bits per heavy atom. The third kappa shape index (κ3) is 3.48. The fourth-order valence-corrected chi connectivity index (χ4v) is 3.75. The van der Waals surface area contributed by atoms with Crippen LogP contribution in [0.3, 0.4) is 0 Å². The summed E-state index contributed by atoms with van der Waals surface area (Å²) >= 11 is 1.76. The minimum absolute atomic E-state index is 0.135. The first-order valence-electron chi connectivity index (χ1n) is 7.30. The molecule has 2 unspecified atom stereocenters. The van der Waals surface area contributed by atoms with Crippen molar-refractivity contribution in [2.24, 2.45) is 0 Å². The molecular formula is C17H19N3OS. The number of thioether (sulfide) groups is 1. The Hall–Kier alpha value is -1.85. The van der Waals surface area contributed by atoms with E-state index in [9.17, 15) is 4.79 Å². The van der Waals surface area contributed by atoms with E-state index in [2.05, 4.69) is 10.3 Å². The first-order valence-corrected chi connectivity index (χ1v) is 8.35. The second-order valence-electron chi connectivity index (χ2n) is 5.40. The number of carbonyl (C=O) groups excluding carboxylic acids is 1. The lowest BCUT2D eigenvalue weighted by atomic mass is 10.2. The van der Waals surface area contributed by atoms with Gasteiger partial charge in [0, 0.05) is 31.7 Å². The summed E-state index contributed by atoms with van der Waals surface area (Å²) in [6, 6.07) is 13.9. The Morgan fingerprint density at radius 2 is 2.14 bits per heavy atom. The molecule has 1 aliphatic heterocycles. The molecule has 4 nitrogen and oxygen atoms in total. The predicted molar refractivity (Wildman–Crippen MR) is 89.3 cm³/mol. The second-order valence-corrected chi connectivity index (χ2v) is 6.54. The molecule has 5 heteroatoms. The standard InChI is InChI=1S/C17H19N3OS/c1-20(11-13-6-3-2-4-7-13)17(21)15-12-22-16(19-15)14-8-5-9-18-10-14/h2-10,15-16,19H,11-12H2,1H3. The van der Waals surface area contributed by atoms with Crippen LogP contribution in [0.25, 0.3) is 0 Å². The van der Waals surface area contributed by atoms with Crippen LogP contribution >= 0.6 is 11.8 Å². The predicted octanol–water partition coefficient (Wildman–Crippen LogP) is 2.44. The van der Waals surface area contributed by atoms with Crippen molar-refractivity contribution < 1.29 is 4.79 Å². The van der Waals surface area contributed by atoms with Gasteiger partial charge in [-0.15, -0.1) is 11.8 Å². The summed E-state index contributed by atoms with van der Waals surface area (Å²) in [6.45, 7) is 0.639. The monoisotopic (exact) mass is 313 g/mol. The SMILES string of the molecule is CN(Cc1ccccc1)C(=O)C1CSC(c2cccnc2)N1. The number of nitrogens with one attached hydrogen (secondary N) is 1. The number of likely N-dealkylation sites (N-methyl/N-ethyl adjacent to an activating group) is 1. The topological polar surface area (TPSA) is 45.2 Å². The van der Waals surface area contributed by atoms with Crippen LogP contribution in [0, 0.1) is 0 Å².